The third-order valence-corrected chi connectivity index (χ3v) is 6.59. The van der Waals surface area contributed by atoms with Gasteiger partial charge in [-0.15, -0.1) is 0 Å². The van der Waals surface area contributed by atoms with E-state index in [1.54, 1.807) is 0 Å². The smallest absolute Gasteiger partial charge is 0.254 e. The monoisotopic (exact) mass is 379 g/mol. The van der Waals surface area contributed by atoms with Gasteiger partial charge in [-0.25, -0.2) is 0 Å². The van der Waals surface area contributed by atoms with E-state index in [-0.39, 0.29) is 24.7 Å². The molecule has 28 heavy (non-hydrogen) atoms. The minimum absolute atomic E-state index is 0.0240. The molecule has 2 fully saturated rings. The van der Waals surface area contributed by atoms with Crippen molar-refractivity contribution in [1.82, 2.24) is 4.90 Å². The van der Waals surface area contributed by atoms with E-state index in [2.05, 4.69) is 0 Å². The van der Waals surface area contributed by atoms with Crippen LogP contribution in [0.4, 0.5) is 0 Å². The van der Waals surface area contributed by atoms with E-state index < -0.39 is 5.60 Å². The SMILES string of the molecule is O=C(c1ccccc1)N1CC[C@]2(O)CCCC[C@@H]2[C@H]1c1ccc2c(c1)OCO2. The summed E-state index contributed by atoms with van der Waals surface area (Å²) >= 11 is 0. The highest BCUT2D eigenvalue weighted by molar-refractivity contribution is 5.94. The number of piperidine rings is 1. The van der Waals surface area contributed by atoms with Gasteiger partial charge >= 0.3 is 0 Å². The predicted molar refractivity (Wildman–Crippen MR) is 104 cm³/mol. The van der Waals surface area contributed by atoms with Crippen LogP contribution in [0.15, 0.2) is 48.5 Å². The van der Waals surface area contributed by atoms with Gasteiger partial charge in [0, 0.05) is 18.0 Å². The summed E-state index contributed by atoms with van der Waals surface area (Å²) in [5.41, 5.74) is 1.00. The maximum Gasteiger partial charge on any atom is 0.254 e. The van der Waals surface area contributed by atoms with Gasteiger partial charge < -0.3 is 19.5 Å². The Labute approximate surface area is 164 Å². The second-order valence-corrected chi connectivity index (χ2v) is 8.13. The van der Waals surface area contributed by atoms with E-state index in [4.69, 9.17) is 9.47 Å². The number of hydrogen-bond donors (Lipinski definition) is 1. The maximum absolute atomic E-state index is 13.4. The van der Waals surface area contributed by atoms with Crippen LogP contribution in [0.25, 0.3) is 0 Å². The van der Waals surface area contributed by atoms with Gasteiger partial charge in [-0.3, -0.25) is 4.79 Å². The van der Waals surface area contributed by atoms with Crippen molar-refractivity contribution in [3.63, 3.8) is 0 Å². The average molecular weight is 379 g/mol. The van der Waals surface area contributed by atoms with Gasteiger partial charge in [0.1, 0.15) is 0 Å². The van der Waals surface area contributed by atoms with Crippen molar-refractivity contribution in [1.29, 1.82) is 0 Å². The van der Waals surface area contributed by atoms with E-state index >= 15 is 0 Å². The Kier molecular flexibility index (Phi) is 4.27. The third kappa shape index (κ3) is 2.85. The molecule has 0 unspecified atom stereocenters. The Balaban J connectivity index is 1.57. The molecule has 0 spiro atoms. The summed E-state index contributed by atoms with van der Waals surface area (Å²) in [7, 11) is 0. The van der Waals surface area contributed by atoms with Crippen LogP contribution < -0.4 is 9.47 Å². The number of hydrogen-bond acceptors (Lipinski definition) is 4. The minimum atomic E-state index is -0.702. The summed E-state index contributed by atoms with van der Waals surface area (Å²) in [5, 5.41) is 11.4. The zero-order valence-corrected chi connectivity index (χ0v) is 15.8. The molecule has 0 bridgehead atoms. The lowest BCUT2D eigenvalue weighted by Crippen LogP contribution is -2.56. The van der Waals surface area contributed by atoms with Gasteiger partial charge in [0.2, 0.25) is 6.79 Å². The van der Waals surface area contributed by atoms with Crippen LogP contribution >= 0.6 is 0 Å². The average Bonchev–Trinajstić information content (AvgIpc) is 3.20. The summed E-state index contributed by atoms with van der Waals surface area (Å²) < 4.78 is 11.0. The molecule has 1 N–H and O–H groups in total. The van der Waals surface area contributed by atoms with Crippen molar-refractivity contribution >= 4 is 5.91 Å². The molecule has 1 saturated heterocycles. The highest BCUT2D eigenvalue weighted by Gasteiger charge is 2.50. The van der Waals surface area contributed by atoms with Crippen molar-refractivity contribution < 1.29 is 19.4 Å². The Morgan fingerprint density at radius 1 is 1.04 bits per heavy atom. The predicted octanol–water partition coefficient (Wildman–Crippen LogP) is 3.92. The third-order valence-electron chi connectivity index (χ3n) is 6.59. The van der Waals surface area contributed by atoms with E-state index in [9.17, 15) is 9.90 Å². The number of fused-ring (bicyclic) bond motifs is 2. The molecule has 2 heterocycles. The van der Waals surface area contributed by atoms with Gasteiger partial charge in [-0.2, -0.15) is 0 Å². The van der Waals surface area contributed by atoms with Crippen LogP contribution in [0, 0.1) is 5.92 Å². The van der Waals surface area contributed by atoms with Crippen LogP contribution in [0.2, 0.25) is 0 Å². The molecule has 2 aliphatic heterocycles. The Bertz CT molecular complexity index is 883. The van der Waals surface area contributed by atoms with Gasteiger partial charge in [0.05, 0.1) is 11.6 Å². The molecule has 3 aliphatic rings. The number of carbonyl (C=O) groups excluding carboxylic acids is 1. The van der Waals surface area contributed by atoms with E-state index in [1.165, 1.54) is 0 Å². The Morgan fingerprint density at radius 3 is 2.71 bits per heavy atom. The summed E-state index contributed by atoms with van der Waals surface area (Å²) in [6.07, 6.45) is 4.51. The van der Waals surface area contributed by atoms with Crippen LogP contribution in [0.3, 0.4) is 0 Å². The fourth-order valence-electron chi connectivity index (χ4n) is 5.17. The topological polar surface area (TPSA) is 59.0 Å². The molecular weight excluding hydrogens is 354 g/mol. The van der Waals surface area contributed by atoms with E-state index in [0.29, 0.717) is 18.5 Å². The standard InChI is InChI=1S/C23H25NO4/c25-22(16-6-2-1-3-7-16)24-13-12-23(26)11-5-4-8-18(23)21(24)17-9-10-19-20(14-17)28-15-27-19/h1-3,6-7,9-10,14,18,21,26H,4-5,8,11-13,15H2/t18-,21-,23-/m1/s1. The van der Waals surface area contributed by atoms with Crippen molar-refractivity contribution in [2.75, 3.05) is 13.3 Å². The zero-order valence-electron chi connectivity index (χ0n) is 15.8. The molecule has 5 heteroatoms. The van der Waals surface area contributed by atoms with Crippen molar-refractivity contribution in [3.8, 4) is 11.5 Å². The molecule has 5 nitrogen and oxygen atoms in total. The van der Waals surface area contributed by atoms with Gasteiger partial charge in [-0.05, 0) is 49.1 Å². The first kappa shape index (κ1) is 17.6. The maximum atomic E-state index is 13.4. The second kappa shape index (κ2) is 6.82. The first-order chi connectivity index (χ1) is 13.7. The summed E-state index contributed by atoms with van der Waals surface area (Å²) in [4.78, 5) is 15.3. The number of aliphatic hydroxyl groups is 1. The quantitative estimate of drug-likeness (QED) is 0.859. The Hall–Kier alpha value is -2.53. The largest absolute Gasteiger partial charge is 0.454 e. The number of carbonyl (C=O) groups is 1. The highest BCUT2D eigenvalue weighted by Crippen LogP contribution is 2.50. The molecule has 2 aromatic rings. The molecule has 5 rings (SSSR count). The fraction of sp³-hybridized carbons (Fsp3) is 0.435. The number of amides is 1. The summed E-state index contributed by atoms with van der Waals surface area (Å²) in [6.45, 7) is 0.781. The number of likely N-dealkylation sites (tertiary alicyclic amines) is 1. The highest BCUT2D eigenvalue weighted by atomic mass is 16.7. The summed E-state index contributed by atoms with van der Waals surface area (Å²) in [6, 6.07) is 15.2. The Morgan fingerprint density at radius 2 is 1.86 bits per heavy atom. The van der Waals surface area contributed by atoms with Crippen LogP contribution in [0.5, 0.6) is 11.5 Å². The molecule has 0 radical (unpaired) electrons. The van der Waals surface area contributed by atoms with Gasteiger partial charge in [0.15, 0.2) is 11.5 Å². The molecule has 0 aromatic heterocycles. The van der Waals surface area contributed by atoms with Gasteiger partial charge in [0.25, 0.3) is 5.91 Å². The lowest BCUT2D eigenvalue weighted by atomic mass is 9.66. The van der Waals surface area contributed by atoms with E-state index in [0.717, 1.165) is 42.7 Å². The van der Waals surface area contributed by atoms with Crippen LogP contribution in [-0.4, -0.2) is 34.9 Å². The molecule has 2 aromatic carbocycles. The number of rotatable bonds is 2. The number of benzene rings is 2. The second-order valence-electron chi connectivity index (χ2n) is 8.13. The first-order valence-corrected chi connectivity index (χ1v) is 10.1. The number of ether oxygens (including phenoxy) is 2. The molecule has 1 aliphatic carbocycles. The molecular formula is C23H25NO4. The molecule has 1 saturated carbocycles. The van der Waals surface area contributed by atoms with Gasteiger partial charge in [-0.1, -0.05) is 37.1 Å². The van der Waals surface area contributed by atoms with Crippen molar-refractivity contribution in [2.45, 2.75) is 43.7 Å². The zero-order chi connectivity index (χ0) is 19.1. The lowest BCUT2D eigenvalue weighted by molar-refractivity contribution is -0.115. The normalized spacial score (nSPS) is 28.7. The number of nitrogens with zero attached hydrogens (tertiary/aromatic N) is 1. The van der Waals surface area contributed by atoms with Crippen molar-refractivity contribution in [2.24, 2.45) is 5.92 Å². The lowest BCUT2D eigenvalue weighted by Gasteiger charge is -2.52. The van der Waals surface area contributed by atoms with Crippen LogP contribution in [0.1, 0.15) is 54.1 Å². The molecule has 3 atom stereocenters. The molecule has 146 valence electrons. The van der Waals surface area contributed by atoms with Crippen LogP contribution in [-0.2, 0) is 0 Å². The molecule has 1 amide bonds. The minimum Gasteiger partial charge on any atom is -0.454 e. The van der Waals surface area contributed by atoms with E-state index in [1.807, 2.05) is 53.4 Å². The summed E-state index contributed by atoms with van der Waals surface area (Å²) in [5.74, 6) is 1.51. The van der Waals surface area contributed by atoms with Crippen molar-refractivity contribution in [3.05, 3.63) is 59.7 Å². The first-order valence-electron chi connectivity index (χ1n) is 10.1. The fourth-order valence-corrected chi connectivity index (χ4v) is 5.17.